The lowest BCUT2D eigenvalue weighted by atomic mass is 10.2. The van der Waals surface area contributed by atoms with Gasteiger partial charge in [0.2, 0.25) is 0 Å². The zero-order chi connectivity index (χ0) is 15.6. The van der Waals surface area contributed by atoms with E-state index in [4.69, 9.17) is 23.2 Å². The number of hydrogen-bond acceptors (Lipinski definition) is 2. The number of nitrogens with zero attached hydrogens (tertiary/aromatic N) is 1. The van der Waals surface area contributed by atoms with Gasteiger partial charge in [0.25, 0.3) is 5.91 Å². The van der Waals surface area contributed by atoms with Crippen LogP contribution in [0.1, 0.15) is 16.1 Å². The molecule has 0 aliphatic rings. The molecule has 1 aromatic carbocycles. The van der Waals surface area contributed by atoms with Crippen molar-refractivity contribution in [2.45, 2.75) is 6.18 Å². The van der Waals surface area contributed by atoms with Crippen molar-refractivity contribution in [3.8, 4) is 0 Å². The Hall–Kier alpha value is -1.79. The van der Waals surface area contributed by atoms with Crippen LogP contribution in [0.15, 0.2) is 36.4 Å². The van der Waals surface area contributed by atoms with E-state index in [1.165, 1.54) is 12.1 Å². The molecule has 0 bridgehead atoms. The molecule has 0 unspecified atom stereocenters. The maximum Gasteiger partial charge on any atom is 0.416 e. The van der Waals surface area contributed by atoms with Gasteiger partial charge in [0.15, 0.2) is 0 Å². The number of anilines is 1. The zero-order valence-corrected chi connectivity index (χ0v) is 11.7. The molecule has 0 atom stereocenters. The van der Waals surface area contributed by atoms with E-state index in [1.54, 1.807) is 0 Å². The molecule has 2 aromatic rings. The van der Waals surface area contributed by atoms with Gasteiger partial charge < -0.3 is 5.32 Å². The number of amides is 1. The standard InChI is InChI=1S/C13H7Cl2F3N2O/c14-9-5-6-10(15)20-11(9)12(21)19-8-3-1-7(2-4-8)13(16,17)18/h1-6H,(H,19,21). The van der Waals surface area contributed by atoms with Crippen LogP contribution < -0.4 is 5.32 Å². The molecule has 2 rings (SSSR count). The van der Waals surface area contributed by atoms with Crippen molar-refractivity contribution in [1.29, 1.82) is 0 Å². The first-order chi connectivity index (χ1) is 9.77. The van der Waals surface area contributed by atoms with E-state index < -0.39 is 17.6 Å². The molecule has 0 aliphatic carbocycles. The Balaban J connectivity index is 2.18. The number of nitrogens with one attached hydrogen (secondary N) is 1. The molecule has 0 fully saturated rings. The first-order valence-corrected chi connectivity index (χ1v) is 6.33. The number of benzene rings is 1. The second-order valence-corrected chi connectivity index (χ2v) is 4.79. The van der Waals surface area contributed by atoms with Gasteiger partial charge in [-0.3, -0.25) is 4.79 Å². The summed E-state index contributed by atoms with van der Waals surface area (Å²) in [4.78, 5) is 15.7. The fourth-order valence-corrected chi connectivity index (χ4v) is 1.85. The summed E-state index contributed by atoms with van der Waals surface area (Å²) >= 11 is 11.5. The largest absolute Gasteiger partial charge is 0.416 e. The maximum absolute atomic E-state index is 12.4. The first-order valence-electron chi connectivity index (χ1n) is 5.58. The van der Waals surface area contributed by atoms with Gasteiger partial charge >= 0.3 is 6.18 Å². The van der Waals surface area contributed by atoms with Crippen molar-refractivity contribution in [2.24, 2.45) is 0 Å². The summed E-state index contributed by atoms with van der Waals surface area (Å²) in [5.41, 5.74) is -0.727. The van der Waals surface area contributed by atoms with Gasteiger partial charge in [-0.15, -0.1) is 0 Å². The van der Waals surface area contributed by atoms with Crippen LogP contribution >= 0.6 is 23.2 Å². The van der Waals surface area contributed by atoms with E-state index in [0.29, 0.717) is 0 Å². The zero-order valence-electron chi connectivity index (χ0n) is 10.2. The second-order valence-electron chi connectivity index (χ2n) is 3.99. The van der Waals surface area contributed by atoms with E-state index in [9.17, 15) is 18.0 Å². The SMILES string of the molecule is O=C(Nc1ccc(C(F)(F)F)cc1)c1nc(Cl)ccc1Cl. The maximum atomic E-state index is 12.4. The Kier molecular flexibility index (Phi) is 4.39. The summed E-state index contributed by atoms with van der Waals surface area (Å²) in [5.74, 6) is -0.665. The minimum atomic E-state index is -4.43. The molecule has 1 N–H and O–H groups in total. The summed E-state index contributed by atoms with van der Waals surface area (Å²) < 4.78 is 37.2. The highest BCUT2D eigenvalue weighted by atomic mass is 35.5. The Labute approximate surface area is 127 Å². The van der Waals surface area contributed by atoms with Crippen LogP contribution in [0, 0.1) is 0 Å². The lowest BCUT2D eigenvalue weighted by molar-refractivity contribution is -0.137. The number of halogens is 5. The summed E-state index contributed by atoms with van der Waals surface area (Å²) in [6.07, 6.45) is -4.43. The third-order valence-electron chi connectivity index (χ3n) is 2.50. The van der Waals surface area contributed by atoms with Gasteiger partial charge in [-0.05, 0) is 36.4 Å². The number of hydrogen-bond donors (Lipinski definition) is 1. The highest BCUT2D eigenvalue weighted by Gasteiger charge is 2.30. The van der Waals surface area contributed by atoms with Crippen molar-refractivity contribution in [3.05, 3.63) is 57.8 Å². The van der Waals surface area contributed by atoms with Crippen molar-refractivity contribution >= 4 is 34.8 Å². The van der Waals surface area contributed by atoms with E-state index in [-0.39, 0.29) is 21.6 Å². The van der Waals surface area contributed by atoms with E-state index >= 15 is 0 Å². The number of carbonyl (C=O) groups is 1. The van der Waals surface area contributed by atoms with E-state index in [0.717, 1.165) is 24.3 Å². The highest BCUT2D eigenvalue weighted by Crippen LogP contribution is 2.30. The topological polar surface area (TPSA) is 42.0 Å². The average Bonchev–Trinajstić information content (AvgIpc) is 2.41. The fourth-order valence-electron chi connectivity index (χ4n) is 1.51. The van der Waals surface area contributed by atoms with Crippen LogP contribution in [-0.2, 0) is 6.18 Å². The summed E-state index contributed by atoms with van der Waals surface area (Å²) in [6.45, 7) is 0. The van der Waals surface area contributed by atoms with Crippen LogP contribution in [0.4, 0.5) is 18.9 Å². The molecule has 0 radical (unpaired) electrons. The molecule has 1 heterocycles. The molecule has 0 spiro atoms. The molecule has 110 valence electrons. The predicted molar refractivity (Wildman–Crippen MR) is 73.7 cm³/mol. The van der Waals surface area contributed by atoms with Gasteiger partial charge in [0.05, 0.1) is 10.6 Å². The van der Waals surface area contributed by atoms with Crippen molar-refractivity contribution < 1.29 is 18.0 Å². The molecular weight excluding hydrogens is 328 g/mol. The van der Waals surface area contributed by atoms with Crippen molar-refractivity contribution in [1.82, 2.24) is 4.98 Å². The minimum absolute atomic E-state index is 0.0805. The quantitative estimate of drug-likeness (QED) is 0.811. The van der Waals surface area contributed by atoms with Gasteiger partial charge in [-0.25, -0.2) is 4.98 Å². The Morgan fingerprint density at radius 1 is 1.05 bits per heavy atom. The summed E-state index contributed by atoms with van der Waals surface area (Å²) in [5, 5.41) is 2.56. The van der Waals surface area contributed by atoms with Gasteiger partial charge in [-0.1, -0.05) is 23.2 Å². The monoisotopic (exact) mass is 334 g/mol. The second kappa shape index (κ2) is 5.91. The normalized spacial score (nSPS) is 11.3. The van der Waals surface area contributed by atoms with E-state index in [2.05, 4.69) is 10.3 Å². The highest BCUT2D eigenvalue weighted by molar-refractivity contribution is 6.35. The van der Waals surface area contributed by atoms with Gasteiger partial charge in [0, 0.05) is 5.69 Å². The number of alkyl halides is 3. The third-order valence-corrected chi connectivity index (χ3v) is 3.01. The Morgan fingerprint density at radius 2 is 1.67 bits per heavy atom. The molecule has 0 aliphatic heterocycles. The molecule has 1 aromatic heterocycles. The lowest BCUT2D eigenvalue weighted by Gasteiger charge is -2.09. The molecule has 3 nitrogen and oxygen atoms in total. The fraction of sp³-hybridized carbons (Fsp3) is 0.0769. The first kappa shape index (κ1) is 15.6. The van der Waals surface area contributed by atoms with Crippen molar-refractivity contribution in [3.63, 3.8) is 0 Å². The smallest absolute Gasteiger partial charge is 0.321 e. The molecular formula is C13H7Cl2F3N2O. The van der Waals surface area contributed by atoms with Crippen LogP contribution in [0.2, 0.25) is 10.2 Å². The minimum Gasteiger partial charge on any atom is -0.321 e. The van der Waals surface area contributed by atoms with Crippen LogP contribution in [0.25, 0.3) is 0 Å². The third kappa shape index (κ3) is 3.86. The molecule has 0 saturated carbocycles. The number of pyridine rings is 1. The van der Waals surface area contributed by atoms with Gasteiger partial charge in [-0.2, -0.15) is 13.2 Å². The molecule has 1 amide bonds. The number of aromatic nitrogens is 1. The Morgan fingerprint density at radius 3 is 2.24 bits per heavy atom. The average molecular weight is 335 g/mol. The Bertz CT molecular complexity index is 672. The number of carbonyl (C=O) groups excluding carboxylic acids is 1. The van der Waals surface area contributed by atoms with E-state index in [1.807, 2.05) is 0 Å². The predicted octanol–water partition coefficient (Wildman–Crippen LogP) is 4.66. The van der Waals surface area contributed by atoms with Gasteiger partial charge in [0.1, 0.15) is 10.8 Å². The van der Waals surface area contributed by atoms with Crippen LogP contribution in [0.3, 0.4) is 0 Å². The molecule has 8 heteroatoms. The molecule has 21 heavy (non-hydrogen) atoms. The van der Waals surface area contributed by atoms with Crippen LogP contribution in [-0.4, -0.2) is 10.9 Å². The van der Waals surface area contributed by atoms with Crippen molar-refractivity contribution in [2.75, 3.05) is 5.32 Å². The summed E-state index contributed by atoms with van der Waals surface area (Å²) in [6, 6.07) is 6.82. The number of rotatable bonds is 2. The lowest BCUT2D eigenvalue weighted by Crippen LogP contribution is -2.14. The molecule has 0 saturated heterocycles. The van der Waals surface area contributed by atoms with Crippen LogP contribution in [0.5, 0.6) is 0 Å². The summed E-state index contributed by atoms with van der Waals surface area (Å²) in [7, 11) is 0.